The lowest BCUT2D eigenvalue weighted by Gasteiger charge is -2.17. The lowest BCUT2D eigenvalue weighted by atomic mass is 10.1. The molecule has 0 aliphatic carbocycles. The molecule has 0 aliphatic heterocycles. The molecule has 0 aliphatic rings. The summed E-state index contributed by atoms with van der Waals surface area (Å²) in [6.45, 7) is 10.6. The Kier molecular flexibility index (Phi) is 4.80. The second kappa shape index (κ2) is 6.60. The number of aryl methyl sites for hydroxylation is 4. The molecule has 6 nitrogen and oxygen atoms in total. The quantitative estimate of drug-likeness (QED) is 0.911. The van der Waals surface area contributed by atoms with Crippen LogP contribution in [-0.4, -0.2) is 20.8 Å². The van der Waals surface area contributed by atoms with Crippen molar-refractivity contribution in [2.24, 2.45) is 0 Å². The van der Waals surface area contributed by atoms with Gasteiger partial charge in [-0.3, -0.25) is 0 Å². The van der Waals surface area contributed by atoms with Gasteiger partial charge >= 0.3 is 6.03 Å². The van der Waals surface area contributed by atoms with E-state index >= 15 is 0 Å². The molecule has 2 N–H and O–H groups in total. The van der Waals surface area contributed by atoms with Gasteiger partial charge in [-0.25, -0.2) is 14.5 Å². The van der Waals surface area contributed by atoms with Gasteiger partial charge in [0.15, 0.2) is 0 Å². The molecule has 0 unspecified atom stereocenters. The van der Waals surface area contributed by atoms with Crippen molar-refractivity contribution >= 4 is 11.7 Å². The molecule has 2 rings (SSSR count). The third kappa shape index (κ3) is 3.44. The Hall–Kier alpha value is -2.37. The zero-order chi connectivity index (χ0) is 16.3. The van der Waals surface area contributed by atoms with E-state index < -0.39 is 0 Å². The van der Waals surface area contributed by atoms with E-state index in [1.165, 1.54) is 11.9 Å². The molecule has 0 fully saturated rings. The number of anilines is 1. The third-order valence-corrected chi connectivity index (χ3v) is 3.60. The molecule has 0 bridgehead atoms. The molecule has 22 heavy (non-hydrogen) atoms. The van der Waals surface area contributed by atoms with Crippen molar-refractivity contribution in [1.29, 1.82) is 0 Å². The summed E-state index contributed by atoms with van der Waals surface area (Å²) in [6, 6.07) is 3.65. The van der Waals surface area contributed by atoms with Gasteiger partial charge in [0.25, 0.3) is 0 Å². The number of hydrogen-bond acceptors (Lipinski definition) is 3. The summed E-state index contributed by atoms with van der Waals surface area (Å²) in [5.74, 6) is 0.745. The highest BCUT2D eigenvalue weighted by Crippen LogP contribution is 2.22. The van der Waals surface area contributed by atoms with Crippen molar-refractivity contribution in [2.75, 3.05) is 5.32 Å². The van der Waals surface area contributed by atoms with Crippen molar-refractivity contribution in [3.05, 3.63) is 41.0 Å². The highest BCUT2D eigenvalue weighted by Gasteiger charge is 2.16. The van der Waals surface area contributed by atoms with Crippen LogP contribution in [0.15, 0.2) is 18.5 Å². The van der Waals surface area contributed by atoms with E-state index in [0.717, 1.165) is 29.2 Å². The molecular formula is C16H23N5O. The van der Waals surface area contributed by atoms with Crippen LogP contribution in [0.3, 0.4) is 0 Å². The van der Waals surface area contributed by atoms with E-state index in [1.54, 1.807) is 4.68 Å². The van der Waals surface area contributed by atoms with Gasteiger partial charge in [0.05, 0.1) is 6.04 Å². The zero-order valence-corrected chi connectivity index (χ0v) is 13.8. The highest BCUT2D eigenvalue weighted by atomic mass is 16.2. The Morgan fingerprint density at radius 2 is 1.91 bits per heavy atom. The van der Waals surface area contributed by atoms with Gasteiger partial charge in [-0.05, 0) is 45.7 Å². The van der Waals surface area contributed by atoms with Crippen molar-refractivity contribution in [3.63, 3.8) is 0 Å². The molecule has 118 valence electrons. The first-order valence-corrected chi connectivity index (χ1v) is 7.45. The Morgan fingerprint density at radius 3 is 2.50 bits per heavy atom. The van der Waals surface area contributed by atoms with Crippen molar-refractivity contribution in [3.8, 4) is 0 Å². The Bertz CT molecular complexity index is 654. The minimum Gasteiger partial charge on any atom is -0.328 e. The normalized spacial score (nSPS) is 12.0. The largest absolute Gasteiger partial charge is 0.328 e. The van der Waals surface area contributed by atoms with E-state index in [9.17, 15) is 4.79 Å². The third-order valence-electron chi connectivity index (χ3n) is 3.60. The van der Waals surface area contributed by atoms with Crippen LogP contribution in [0.2, 0.25) is 0 Å². The minimum atomic E-state index is -0.242. The number of carbonyl (C=O) groups is 1. The second-order valence-corrected chi connectivity index (χ2v) is 5.53. The number of aromatic nitrogens is 3. The van der Waals surface area contributed by atoms with Gasteiger partial charge < -0.3 is 10.6 Å². The van der Waals surface area contributed by atoms with Crippen molar-refractivity contribution in [2.45, 2.75) is 47.2 Å². The number of rotatable bonds is 4. The van der Waals surface area contributed by atoms with E-state index in [-0.39, 0.29) is 12.1 Å². The van der Waals surface area contributed by atoms with E-state index in [0.29, 0.717) is 0 Å². The summed E-state index contributed by atoms with van der Waals surface area (Å²) < 4.78 is 1.77. The minimum absolute atomic E-state index is 0.214. The van der Waals surface area contributed by atoms with Gasteiger partial charge in [0.1, 0.15) is 12.2 Å². The summed E-state index contributed by atoms with van der Waals surface area (Å²) in [7, 11) is 0. The fraction of sp³-hybridized carbons (Fsp3) is 0.438. The molecule has 1 aromatic carbocycles. The fourth-order valence-electron chi connectivity index (χ4n) is 2.64. The molecule has 2 aromatic rings. The molecular weight excluding hydrogens is 278 g/mol. The molecule has 0 spiro atoms. The fourth-order valence-corrected chi connectivity index (χ4v) is 2.64. The van der Waals surface area contributed by atoms with E-state index in [2.05, 4.69) is 32.8 Å². The predicted octanol–water partition coefficient (Wildman–Crippen LogP) is 3.11. The molecule has 0 saturated heterocycles. The van der Waals surface area contributed by atoms with Crippen LogP contribution >= 0.6 is 0 Å². The van der Waals surface area contributed by atoms with Crippen LogP contribution < -0.4 is 10.6 Å². The van der Waals surface area contributed by atoms with Gasteiger partial charge in [0, 0.05) is 12.2 Å². The van der Waals surface area contributed by atoms with Crippen LogP contribution in [0, 0.1) is 20.8 Å². The van der Waals surface area contributed by atoms with Gasteiger partial charge in [0.2, 0.25) is 0 Å². The number of benzene rings is 1. The number of hydrogen-bond donors (Lipinski definition) is 2. The van der Waals surface area contributed by atoms with E-state index in [4.69, 9.17) is 0 Å². The highest BCUT2D eigenvalue weighted by molar-refractivity contribution is 5.91. The standard InChI is InChI=1S/C16H23N5O/c1-6-21-15(17-9-18-21)13(5)19-16(22)20-14-11(3)7-10(2)8-12(14)4/h7-9,13H,6H2,1-5H3,(H2,19,20,22)/t13-/m0/s1. The SMILES string of the molecule is CCn1ncnc1[C@H](C)NC(=O)Nc1c(C)cc(C)cc1C. The monoisotopic (exact) mass is 301 g/mol. The van der Waals surface area contributed by atoms with Gasteiger partial charge in [-0.15, -0.1) is 0 Å². The maximum Gasteiger partial charge on any atom is 0.319 e. The van der Waals surface area contributed by atoms with Crippen LogP contribution in [0.5, 0.6) is 0 Å². The second-order valence-electron chi connectivity index (χ2n) is 5.53. The van der Waals surface area contributed by atoms with Gasteiger partial charge in [-0.1, -0.05) is 17.7 Å². The van der Waals surface area contributed by atoms with Crippen LogP contribution in [0.25, 0.3) is 0 Å². The molecule has 6 heteroatoms. The van der Waals surface area contributed by atoms with E-state index in [1.807, 2.05) is 34.6 Å². The van der Waals surface area contributed by atoms with Crippen LogP contribution in [-0.2, 0) is 6.54 Å². The topological polar surface area (TPSA) is 71.8 Å². The average Bonchev–Trinajstić information content (AvgIpc) is 2.91. The zero-order valence-electron chi connectivity index (χ0n) is 13.8. The summed E-state index contributed by atoms with van der Waals surface area (Å²) in [6.07, 6.45) is 1.50. The van der Waals surface area contributed by atoms with Gasteiger partial charge in [-0.2, -0.15) is 5.10 Å². The smallest absolute Gasteiger partial charge is 0.319 e. The first kappa shape index (κ1) is 16.0. The molecule has 1 atom stereocenters. The Balaban J connectivity index is 2.08. The number of urea groups is 1. The van der Waals surface area contributed by atoms with Crippen molar-refractivity contribution < 1.29 is 4.79 Å². The molecule has 0 saturated carbocycles. The number of carbonyl (C=O) groups excluding carboxylic acids is 1. The maximum atomic E-state index is 12.2. The lowest BCUT2D eigenvalue weighted by Crippen LogP contribution is -2.33. The number of amides is 2. The van der Waals surface area contributed by atoms with Crippen molar-refractivity contribution in [1.82, 2.24) is 20.1 Å². The first-order chi connectivity index (χ1) is 10.4. The Labute approximate surface area is 130 Å². The maximum absolute atomic E-state index is 12.2. The summed E-state index contributed by atoms with van der Waals surface area (Å²) in [5.41, 5.74) is 4.15. The van der Waals surface area contributed by atoms with Crippen LogP contribution in [0.1, 0.15) is 42.4 Å². The number of nitrogens with zero attached hydrogens (tertiary/aromatic N) is 3. The van der Waals surface area contributed by atoms with Crippen LogP contribution in [0.4, 0.5) is 10.5 Å². The summed E-state index contributed by atoms with van der Waals surface area (Å²) in [4.78, 5) is 16.4. The molecule has 1 heterocycles. The molecule has 1 aromatic heterocycles. The number of nitrogens with one attached hydrogen (secondary N) is 2. The average molecular weight is 301 g/mol. The Morgan fingerprint density at radius 1 is 1.27 bits per heavy atom. The molecule has 2 amide bonds. The summed E-state index contributed by atoms with van der Waals surface area (Å²) in [5, 5.41) is 9.95. The first-order valence-electron chi connectivity index (χ1n) is 7.45. The lowest BCUT2D eigenvalue weighted by molar-refractivity contribution is 0.248. The predicted molar refractivity (Wildman–Crippen MR) is 86.9 cm³/mol. The molecule has 0 radical (unpaired) electrons. The summed E-state index contributed by atoms with van der Waals surface area (Å²) >= 11 is 0.